The predicted molar refractivity (Wildman–Crippen MR) is 73.1 cm³/mol. The predicted octanol–water partition coefficient (Wildman–Crippen LogP) is 0.833. The average molecular weight is 271 g/mol. The Morgan fingerprint density at radius 3 is 2.42 bits per heavy atom. The molecule has 0 spiro atoms. The lowest BCUT2D eigenvalue weighted by atomic mass is 9.80. The third-order valence-corrected chi connectivity index (χ3v) is 4.12. The van der Waals surface area contributed by atoms with Gasteiger partial charge in [-0.1, -0.05) is 6.92 Å². The molecule has 0 aromatic heterocycles. The van der Waals surface area contributed by atoms with E-state index in [1.54, 1.807) is 0 Å². The highest BCUT2D eigenvalue weighted by atomic mass is 16.4. The van der Waals surface area contributed by atoms with Crippen LogP contribution in [0.4, 0.5) is 4.79 Å². The zero-order valence-electron chi connectivity index (χ0n) is 12.3. The smallest absolute Gasteiger partial charge is 0.326 e. The van der Waals surface area contributed by atoms with Crippen molar-refractivity contribution in [3.63, 3.8) is 0 Å². The second-order valence-electron chi connectivity index (χ2n) is 5.90. The summed E-state index contributed by atoms with van der Waals surface area (Å²) < 4.78 is 0. The molecule has 1 aliphatic heterocycles. The van der Waals surface area contributed by atoms with Crippen LogP contribution in [-0.4, -0.2) is 66.7 Å². The first-order valence-corrected chi connectivity index (χ1v) is 6.67. The van der Waals surface area contributed by atoms with E-state index in [-0.39, 0.29) is 11.4 Å². The Morgan fingerprint density at radius 1 is 1.42 bits per heavy atom. The minimum atomic E-state index is -0.997. The van der Waals surface area contributed by atoms with Crippen molar-refractivity contribution >= 4 is 12.0 Å². The van der Waals surface area contributed by atoms with Crippen LogP contribution in [0.3, 0.4) is 0 Å². The van der Waals surface area contributed by atoms with E-state index in [1.165, 1.54) is 18.9 Å². The van der Waals surface area contributed by atoms with Crippen molar-refractivity contribution in [3.05, 3.63) is 0 Å². The second kappa shape index (κ2) is 6.23. The van der Waals surface area contributed by atoms with Crippen molar-refractivity contribution in [2.75, 3.05) is 33.7 Å². The number of likely N-dealkylation sites (tertiary alicyclic amines) is 1. The molecule has 0 saturated carbocycles. The monoisotopic (exact) mass is 271 g/mol. The van der Waals surface area contributed by atoms with Crippen LogP contribution in [0.1, 0.15) is 26.7 Å². The number of carboxylic acid groups (broad SMARTS) is 1. The minimum absolute atomic E-state index is 0.107. The number of amides is 2. The van der Waals surface area contributed by atoms with E-state index >= 15 is 0 Å². The van der Waals surface area contributed by atoms with Gasteiger partial charge in [0.25, 0.3) is 0 Å². The summed E-state index contributed by atoms with van der Waals surface area (Å²) in [6, 6.07) is -1.14. The molecule has 1 fully saturated rings. The Bertz CT molecular complexity index is 338. The summed E-state index contributed by atoms with van der Waals surface area (Å²) in [6.07, 6.45) is 2.09. The quantitative estimate of drug-likeness (QED) is 0.794. The van der Waals surface area contributed by atoms with Crippen molar-refractivity contribution in [1.82, 2.24) is 15.1 Å². The molecule has 0 aromatic rings. The molecule has 2 amide bonds. The maximum absolute atomic E-state index is 11.9. The van der Waals surface area contributed by atoms with Crippen LogP contribution in [0.2, 0.25) is 0 Å². The standard InChI is InChI=1S/C13H25N3O3/c1-10(11(17)18)16(4)12(19)14-9-13(2)5-7-15(3)8-6-13/h10H,5-9H2,1-4H3,(H,14,19)(H,17,18). The second-order valence-corrected chi connectivity index (χ2v) is 5.90. The highest BCUT2D eigenvalue weighted by molar-refractivity contribution is 5.82. The van der Waals surface area contributed by atoms with Gasteiger partial charge in [0.15, 0.2) is 0 Å². The summed E-state index contributed by atoms with van der Waals surface area (Å²) in [7, 11) is 3.60. The Balaban J connectivity index is 2.43. The molecule has 2 N–H and O–H groups in total. The zero-order valence-corrected chi connectivity index (χ0v) is 12.3. The van der Waals surface area contributed by atoms with Crippen LogP contribution in [-0.2, 0) is 4.79 Å². The Morgan fingerprint density at radius 2 is 1.95 bits per heavy atom. The van der Waals surface area contributed by atoms with Gasteiger partial charge in [-0.05, 0) is 45.3 Å². The summed E-state index contributed by atoms with van der Waals surface area (Å²) in [4.78, 5) is 26.2. The number of carbonyl (C=O) groups is 2. The van der Waals surface area contributed by atoms with E-state index in [2.05, 4.69) is 24.2 Å². The molecule has 6 nitrogen and oxygen atoms in total. The fourth-order valence-corrected chi connectivity index (χ4v) is 2.09. The number of hydrogen-bond acceptors (Lipinski definition) is 3. The van der Waals surface area contributed by atoms with Crippen LogP contribution < -0.4 is 5.32 Å². The van der Waals surface area contributed by atoms with E-state index in [1.807, 2.05) is 0 Å². The van der Waals surface area contributed by atoms with Crippen molar-refractivity contribution in [1.29, 1.82) is 0 Å². The van der Waals surface area contributed by atoms with Crippen molar-refractivity contribution < 1.29 is 14.7 Å². The Labute approximate surface area is 114 Å². The number of likely N-dealkylation sites (N-methyl/N-ethyl adjacent to an activating group) is 1. The Hall–Kier alpha value is -1.30. The summed E-state index contributed by atoms with van der Waals surface area (Å²) in [5, 5.41) is 11.7. The third kappa shape index (κ3) is 4.38. The van der Waals surface area contributed by atoms with Crippen LogP contribution in [0, 0.1) is 5.41 Å². The van der Waals surface area contributed by atoms with Crippen molar-refractivity contribution in [2.45, 2.75) is 32.7 Å². The lowest BCUT2D eigenvalue weighted by Gasteiger charge is -2.38. The molecule has 0 radical (unpaired) electrons. The van der Waals surface area contributed by atoms with E-state index in [9.17, 15) is 9.59 Å². The molecule has 1 heterocycles. The fraction of sp³-hybridized carbons (Fsp3) is 0.846. The highest BCUT2D eigenvalue weighted by Crippen LogP contribution is 2.29. The largest absolute Gasteiger partial charge is 0.480 e. The van der Waals surface area contributed by atoms with E-state index in [4.69, 9.17) is 5.11 Å². The third-order valence-electron chi connectivity index (χ3n) is 4.12. The summed E-state index contributed by atoms with van der Waals surface area (Å²) in [5.74, 6) is -0.997. The summed E-state index contributed by atoms with van der Waals surface area (Å²) in [5.41, 5.74) is 0.107. The normalized spacial score (nSPS) is 20.6. The molecule has 19 heavy (non-hydrogen) atoms. The topological polar surface area (TPSA) is 72.9 Å². The number of urea groups is 1. The Kier molecular flexibility index (Phi) is 5.17. The molecule has 1 unspecified atom stereocenters. The molecular formula is C13H25N3O3. The van der Waals surface area contributed by atoms with Gasteiger partial charge >= 0.3 is 12.0 Å². The number of aliphatic carboxylic acids is 1. The molecule has 1 saturated heterocycles. The molecule has 6 heteroatoms. The molecule has 1 rings (SSSR count). The maximum Gasteiger partial charge on any atom is 0.326 e. The number of rotatable bonds is 4. The molecule has 1 atom stereocenters. The lowest BCUT2D eigenvalue weighted by Crippen LogP contribution is -2.49. The number of nitrogens with one attached hydrogen (secondary N) is 1. The van der Waals surface area contributed by atoms with Gasteiger partial charge in [-0.2, -0.15) is 0 Å². The first-order chi connectivity index (χ1) is 8.75. The van der Waals surface area contributed by atoms with Crippen LogP contribution >= 0.6 is 0 Å². The average Bonchev–Trinajstić information content (AvgIpc) is 2.38. The minimum Gasteiger partial charge on any atom is -0.480 e. The first kappa shape index (κ1) is 15.8. The number of carbonyl (C=O) groups excluding carboxylic acids is 1. The van der Waals surface area contributed by atoms with Crippen LogP contribution in [0.15, 0.2) is 0 Å². The molecule has 110 valence electrons. The van der Waals surface area contributed by atoms with Gasteiger partial charge in [-0.3, -0.25) is 0 Å². The number of nitrogens with zero attached hydrogens (tertiary/aromatic N) is 2. The molecule has 1 aliphatic rings. The zero-order chi connectivity index (χ0) is 14.6. The lowest BCUT2D eigenvalue weighted by molar-refractivity contribution is -0.141. The number of piperidine rings is 1. The molecule has 0 aliphatic carbocycles. The van der Waals surface area contributed by atoms with Crippen molar-refractivity contribution in [2.24, 2.45) is 5.41 Å². The van der Waals surface area contributed by atoms with Gasteiger partial charge in [0.1, 0.15) is 6.04 Å². The van der Waals surface area contributed by atoms with Gasteiger partial charge in [-0.15, -0.1) is 0 Å². The highest BCUT2D eigenvalue weighted by Gasteiger charge is 2.30. The van der Waals surface area contributed by atoms with Crippen molar-refractivity contribution in [3.8, 4) is 0 Å². The van der Waals surface area contributed by atoms with E-state index < -0.39 is 12.0 Å². The van der Waals surface area contributed by atoms with Crippen LogP contribution in [0.25, 0.3) is 0 Å². The molecule has 0 bridgehead atoms. The van der Waals surface area contributed by atoms with Gasteiger partial charge in [0, 0.05) is 13.6 Å². The SMILES string of the molecule is CC(C(=O)O)N(C)C(=O)NCC1(C)CCN(C)CC1. The summed E-state index contributed by atoms with van der Waals surface area (Å²) >= 11 is 0. The van der Waals surface area contributed by atoms with Gasteiger partial charge in [-0.25, -0.2) is 9.59 Å². The molecule has 0 aromatic carbocycles. The molecular weight excluding hydrogens is 246 g/mol. The summed E-state index contributed by atoms with van der Waals surface area (Å²) in [6.45, 7) is 6.33. The fourth-order valence-electron chi connectivity index (χ4n) is 2.09. The number of hydrogen-bond donors (Lipinski definition) is 2. The maximum atomic E-state index is 11.9. The van der Waals surface area contributed by atoms with E-state index in [0.717, 1.165) is 25.9 Å². The number of carboxylic acids is 1. The van der Waals surface area contributed by atoms with Gasteiger partial charge in [0.05, 0.1) is 0 Å². The first-order valence-electron chi connectivity index (χ1n) is 6.67. The van der Waals surface area contributed by atoms with Crippen LogP contribution in [0.5, 0.6) is 0 Å². The van der Waals surface area contributed by atoms with Gasteiger partial charge < -0.3 is 20.2 Å². The van der Waals surface area contributed by atoms with Gasteiger partial charge in [0.2, 0.25) is 0 Å². The van der Waals surface area contributed by atoms with E-state index in [0.29, 0.717) is 6.54 Å².